The van der Waals surface area contributed by atoms with Crippen LogP contribution in [0.2, 0.25) is 0 Å². The fraction of sp³-hybridized carbons (Fsp3) is 0.533. The van der Waals surface area contributed by atoms with Crippen LogP contribution in [0.4, 0.5) is 0 Å². The molecule has 0 unspecified atom stereocenters. The first-order valence-electron chi connectivity index (χ1n) is 6.90. The molecule has 1 aromatic rings. The third kappa shape index (κ3) is 6.70. The van der Waals surface area contributed by atoms with Crippen LogP contribution < -0.4 is 0 Å². The van der Waals surface area contributed by atoms with E-state index in [1.54, 1.807) is 24.2 Å². The number of carbonyl (C=O) groups is 1. The van der Waals surface area contributed by atoms with E-state index in [0.29, 0.717) is 31.2 Å². The largest absolute Gasteiger partial charge is 0.466 e. The molecule has 0 spiro atoms. The predicted molar refractivity (Wildman–Crippen MR) is 83.6 cm³/mol. The van der Waals surface area contributed by atoms with Gasteiger partial charge in [0.05, 0.1) is 12.3 Å². The lowest BCUT2D eigenvalue weighted by atomic mass is 10.3. The molecule has 110 valence electrons. The minimum atomic E-state index is -0.156. The van der Waals surface area contributed by atoms with Gasteiger partial charge < -0.3 is 4.74 Å². The number of nitrogens with zero attached hydrogens (tertiary/aromatic N) is 2. The van der Waals surface area contributed by atoms with Crippen molar-refractivity contribution in [1.29, 1.82) is 0 Å². The Hall–Kier alpha value is -1.36. The van der Waals surface area contributed by atoms with Gasteiger partial charge in [-0.25, -0.2) is 0 Å². The summed E-state index contributed by atoms with van der Waals surface area (Å²) in [7, 11) is 0. The highest BCUT2D eigenvalue weighted by Crippen LogP contribution is 2.24. The highest BCUT2D eigenvalue weighted by atomic mass is 32.2. The molecule has 0 aromatic carbocycles. The zero-order valence-corrected chi connectivity index (χ0v) is 13.2. The van der Waals surface area contributed by atoms with Gasteiger partial charge in [-0.2, -0.15) is 0 Å². The molecule has 0 radical (unpaired) electrons. The Morgan fingerprint density at radius 3 is 3.05 bits per heavy atom. The molecule has 1 heterocycles. The molecule has 20 heavy (non-hydrogen) atoms. The summed E-state index contributed by atoms with van der Waals surface area (Å²) in [6.45, 7) is 7.16. The maximum atomic E-state index is 11.2. The Balaban J connectivity index is 2.44. The van der Waals surface area contributed by atoms with Gasteiger partial charge in [-0.1, -0.05) is 13.8 Å². The number of carbonyl (C=O) groups excluding carboxylic acids is 1. The van der Waals surface area contributed by atoms with Crippen LogP contribution in [0.5, 0.6) is 0 Å². The van der Waals surface area contributed by atoms with Crippen molar-refractivity contribution in [3.05, 3.63) is 24.0 Å². The van der Waals surface area contributed by atoms with Gasteiger partial charge in [-0.15, -0.1) is 11.8 Å². The van der Waals surface area contributed by atoms with Gasteiger partial charge in [-0.05, 0) is 25.5 Å². The molecule has 4 nitrogen and oxygen atoms in total. The molecule has 0 bridgehead atoms. The molecule has 0 N–H and O–H groups in total. The Morgan fingerprint density at radius 2 is 2.35 bits per heavy atom. The van der Waals surface area contributed by atoms with E-state index < -0.39 is 0 Å². The molecule has 5 heteroatoms. The minimum absolute atomic E-state index is 0.156. The fourth-order valence-electron chi connectivity index (χ4n) is 1.55. The molecule has 0 saturated carbocycles. The van der Waals surface area contributed by atoms with Gasteiger partial charge in [0.25, 0.3) is 0 Å². The average molecular weight is 294 g/mol. The summed E-state index contributed by atoms with van der Waals surface area (Å²) in [5, 5.41) is 0.509. The van der Waals surface area contributed by atoms with E-state index in [2.05, 4.69) is 29.9 Å². The van der Waals surface area contributed by atoms with Crippen molar-refractivity contribution in [1.82, 2.24) is 4.98 Å². The number of esters is 1. The maximum Gasteiger partial charge on any atom is 0.305 e. The quantitative estimate of drug-likeness (QED) is 0.319. The number of aromatic nitrogens is 1. The summed E-state index contributed by atoms with van der Waals surface area (Å²) in [4.78, 5) is 21.0. The van der Waals surface area contributed by atoms with Crippen LogP contribution in [0.1, 0.15) is 39.3 Å². The van der Waals surface area contributed by atoms with E-state index in [0.717, 1.165) is 10.6 Å². The number of hydrogen-bond donors (Lipinski definition) is 0. The van der Waals surface area contributed by atoms with E-state index >= 15 is 0 Å². The first-order chi connectivity index (χ1) is 9.63. The number of thioether (sulfide) groups is 1. The van der Waals surface area contributed by atoms with Crippen molar-refractivity contribution in [3.63, 3.8) is 0 Å². The normalized spacial score (nSPS) is 11.2. The third-order valence-electron chi connectivity index (χ3n) is 2.35. The highest BCUT2D eigenvalue weighted by molar-refractivity contribution is 8.00. The monoisotopic (exact) mass is 294 g/mol. The zero-order valence-electron chi connectivity index (χ0n) is 12.3. The van der Waals surface area contributed by atoms with Crippen LogP contribution in [0, 0.1) is 0 Å². The standard InChI is InChI=1S/C15H22N2O2S/c1-4-19-15(18)8-6-9-16-11-13-14(20-12(2)3)7-5-10-17-13/h5,7,10-12H,4,6,8-9H2,1-3H3. The lowest BCUT2D eigenvalue weighted by Crippen LogP contribution is -2.04. The van der Waals surface area contributed by atoms with Crippen LogP contribution in [-0.4, -0.2) is 35.6 Å². The number of pyridine rings is 1. The van der Waals surface area contributed by atoms with Gasteiger partial charge in [0.2, 0.25) is 0 Å². The Kier molecular flexibility index (Phi) is 7.95. The molecule has 0 aliphatic rings. The van der Waals surface area contributed by atoms with Gasteiger partial charge in [-0.3, -0.25) is 14.8 Å². The second-order valence-corrected chi connectivity index (χ2v) is 6.12. The van der Waals surface area contributed by atoms with Crippen LogP contribution in [0.15, 0.2) is 28.2 Å². The molecule has 0 aliphatic carbocycles. The highest BCUT2D eigenvalue weighted by Gasteiger charge is 2.04. The number of aliphatic imine (C=N–C) groups is 1. The number of hydrogen-bond acceptors (Lipinski definition) is 5. The van der Waals surface area contributed by atoms with Crippen molar-refractivity contribution >= 4 is 23.9 Å². The van der Waals surface area contributed by atoms with Crippen molar-refractivity contribution < 1.29 is 9.53 Å². The second kappa shape index (κ2) is 9.53. The molecule has 0 atom stereocenters. The van der Waals surface area contributed by atoms with Gasteiger partial charge in [0, 0.05) is 35.5 Å². The minimum Gasteiger partial charge on any atom is -0.466 e. The third-order valence-corrected chi connectivity index (χ3v) is 3.42. The number of ether oxygens (including phenoxy) is 1. The van der Waals surface area contributed by atoms with E-state index in [4.69, 9.17) is 4.74 Å². The Morgan fingerprint density at radius 1 is 1.55 bits per heavy atom. The van der Waals surface area contributed by atoms with E-state index in [-0.39, 0.29) is 5.97 Å². The molecule has 0 amide bonds. The van der Waals surface area contributed by atoms with Crippen molar-refractivity contribution in [2.45, 2.75) is 43.8 Å². The first kappa shape index (κ1) is 16.7. The molecule has 1 aromatic heterocycles. The molecular formula is C15H22N2O2S. The van der Waals surface area contributed by atoms with E-state index in [1.807, 2.05) is 13.0 Å². The summed E-state index contributed by atoms with van der Waals surface area (Å²) in [5.74, 6) is -0.156. The molecule has 1 rings (SSSR count). The molecule has 0 fully saturated rings. The summed E-state index contributed by atoms with van der Waals surface area (Å²) >= 11 is 1.77. The van der Waals surface area contributed by atoms with E-state index in [9.17, 15) is 4.79 Å². The van der Waals surface area contributed by atoms with Crippen LogP contribution in [-0.2, 0) is 9.53 Å². The lowest BCUT2D eigenvalue weighted by Gasteiger charge is -2.06. The van der Waals surface area contributed by atoms with Gasteiger partial charge in [0.15, 0.2) is 0 Å². The summed E-state index contributed by atoms with van der Waals surface area (Å²) in [6, 6.07) is 3.99. The van der Waals surface area contributed by atoms with Crippen LogP contribution in [0.3, 0.4) is 0 Å². The summed E-state index contributed by atoms with van der Waals surface area (Å²) in [5.41, 5.74) is 0.891. The summed E-state index contributed by atoms with van der Waals surface area (Å²) < 4.78 is 4.86. The molecular weight excluding hydrogens is 272 g/mol. The van der Waals surface area contributed by atoms with Gasteiger partial charge >= 0.3 is 5.97 Å². The van der Waals surface area contributed by atoms with Crippen LogP contribution in [0.25, 0.3) is 0 Å². The smallest absolute Gasteiger partial charge is 0.305 e. The molecule has 0 aliphatic heterocycles. The Labute approximate surface area is 125 Å². The van der Waals surface area contributed by atoms with E-state index in [1.165, 1.54) is 0 Å². The van der Waals surface area contributed by atoms with Crippen molar-refractivity contribution in [2.24, 2.45) is 4.99 Å². The molecule has 0 saturated heterocycles. The SMILES string of the molecule is CCOC(=O)CCCN=Cc1ncccc1SC(C)C. The van der Waals surface area contributed by atoms with Crippen molar-refractivity contribution in [3.8, 4) is 0 Å². The fourth-order valence-corrected chi connectivity index (χ4v) is 2.44. The summed E-state index contributed by atoms with van der Waals surface area (Å²) in [6.07, 6.45) is 4.68. The first-order valence-corrected chi connectivity index (χ1v) is 7.78. The number of rotatable bonds is 8. The lowest BCUT2D eigenvalue weighted by molar-refractivity contribution is -0.143. The van der Waals surface area contributed by atoms with Gasteiger partial charge in [0.1, 0.15) is 0 Å². The predicted octanol–water partition coefficient (Wildman–Crippen LogP) is 3.34. The second-order valence-electron chi connectivity index (χ2n) is 4.50. The van der Waals surface area contributed by atoms with Crippen molar-refractivity contribution in [2.75, 3.05) is 13.2 Å². The Bertz CT molecular complexity index is 447. The van der Waals surface area contributed by atoms with Crippen LogP contribution >= 0.6 is 11.8 Å². The average Bonchev–Trinajstić information content (AvgIpc) is 2.40. The topological polar surface area (TPSA) is 51.5 Å². The zero-order chi connectivity index (χ0) is 14.8. The maximum absolute atomic E-state index is 11.2.